The Balaban J connectivity index is 0.000000327. The number of nitrogens with one attached hydrogen (secondary N) is 1. The third kappa shape index (κ3) is 38.3. The Morgan fingerprint density at radius 3 is 1.14 bits per heavy atom. The van der Waals surface area contributed by atoms with Gasteiger partial charge in [-0.2, -0.15) is 94.6 Å². The van der Waals surface area contributed by atoms with E-state index in [9.17, 15) is 108 Å². The number of anilines is 1. The molecule has 12 aromatic rings. The highest BCUT2D eigenvalue weighted by Gasteiger charge is 2.42. The number of aromatic nitrogens is 6. The number of hydrazine groups is 2. The largest absolute Gasteiger partial charge is 0.422 e. The Morgan fingerprint density at radius 2 is 0.765 bits per heavy atom. The number of nitrogens with zero attached hydrogens (tertiary/aromatic N) is 9. The molecule has 20 nitrogen and oxygen atoms in total. The minimum atomic E-state index is -4.57. The quantitative estimate of drug-likeness (QED) is 0.00796. The van der Waals surface area contributed by atoms with E-state index in [2.05, 4.69) is 86.6 Å². The van der Waals surface area contributed by atoms with Crippen LogP contribution < -0.4 is 21.8 Å². The van der Waals surface area contributed by atoms with Gasteiger partial charge in [0.2, 0.25) is 6.20 Å². The van der Waals surface area contributed by atoms with Gasteiger partial charge in [-0.05, 0) is 162 Å². The number of alkyl halides is 18. The van der Waals surface area contributed by atoms with Gasteiger partial charge in [-0.15, -0.1) is 0 Å². The molecule has 8 N–H and O–H groups in total. The van der Waals surface area contributed by atoms with Crippen LogP contribution in [0.25, 0.3) is 0 Å². The molecule has 0 spiro atoms. The lowest BCUT2D eigenvalue weighted by Gasteiger charge is -2.19. The maximum absolute atomic E-state index is 13.3. The van der Waals surface area contributed by atoms with Gasteiger partial charge in [0, 0.05) is 70.9 Å². The van der Waals surface area contributed by atoms with Crippen molar-refractivity contribution < 1.29 is 123 Å². The maximum Gasteiger partial charge on any atom is 0.422 e. The first-order chi connectivity index (χ1) is 63.3. The highest BCUT2D eigenvalue weighted by atomic mass is 36.0. The fourth-order valence-corrected chi connectivity index (χ4v) is 11.8. The molecule has 0 aliphatic carbocycles. The van der Waals surface area contributed by atoms with E-state index in [0.29, 0.717) is 39.0 Å². The Hall–Kier alpha value is -13.1. The van der Waals surface area contributed by atoms with Gasteiger partial charge in [0.25, 0.3) is 17.5 Å². The summed E-state index contributed by atoms with van der Waals surface area (Å²) < 4.78 is 244. The van der Waals surface area contributed by atoms with E-state index in [1.165, 1.54) is 56.8 Å². The van der Waals surface area contributed by atoms with Gasteiger partial charge in [-0.3, -0.25) is 46.4 Å². The molecule has 8 heterocycles. The van der Waals surface area contributed by atoms with Crippen LogP contribution >= 0.6 is 62.1 Å². The van der Waals surface area contributed by atoms with E-state index in [1.807, 2.05) is 42.5 Å². The molecular formula is C92H77Cl5F18N12O8P+. The van der Waals surface area contributed by atoms with Crippen molar-refractivity contribution in [3.8, 4) is 12.1 Å². The zero-order valence-electron chi connectivity index (χ0n) is 70.9. The zero-order chi connectivity index (χ0) is 101. The monoisotopic (exact) mass is 2030 g/mol. The highest BCUT2D eigenvalue weighted by molar-refractivity contribution is 8.24. The van der Waals surface area contributed by atoms with Crippen LogP contribution in [0.3, 0.4) is 0 Å². The first kappa shape index (κ1) is 115. The van der Waals surface area contributed by atoms with Crippen LogP contribution in [0.2, 0.25) is 10.3 Å². The van der Waals surface area contributed by atoms with E-state index >= 15 is 0 Å². The molecule has 0 bridgehead atoms. The fraction of sp³-hybridized carbons (Fsp3) is 0.174. The van der Waals surface area contributed by atoms with Gasteiger partial charge in [-0.25, -0.2) is 24.5 Å². The summed E-state index contributed by atoms with van der Waals surface area (Å²) in [5.74, 6) is 4.82. The number of ether oxygens (including phenoxy) is 1. The van der Waals surface area contributed by atoms with Crippen LogP contribution in [-0.4, -0.2) is 64.4 Å². The second kappa shape index (κ2) is 53.8. The van der Waals surface area contributed by atoms with Crippen molar-refractivity contribution in [1.29, 1.82) is 10.5 Å². The Bertz CT molecular complexity index is 6060. The number of nitriles is 2. The summed E-state index contributed by atoms with van der Waals surface area (Å²) in [5.41, 5.74) is 2.96. The number of esters is 2. The van der Waals surface area contributed by atoms with Gasteiger partial charge >= 0.3 is 54.2 Å². The smallest absolute Gasteiger partial charge is 0.412 e. The number of amides is 2. The van der Waals surface area contributed by atoms with Crippen LogP contribution in [-0.2, 0) is 97.6 Å². The zero-order valence-corrected chi connectivity index (χ0v) is 75.6. The summed E-state index contributed by atoms with van der Waals surface area (Å²) in [7, 11) is 0. The Kier molecular flexibility index (Phi) is 45.6. The molecule has 2 aliphatic heterocycles. The van der Waals surface area contributed by atoms with Crippen molar-refractivity contribution in [2.45, 2.75) is 103 Å². The van der Waals surface area contributed by atoms with Crippen molar-refractivity contribution in [2.24, 2.45) is 11.7 Å². The topological polar surface area (TPSA) is 330 Å². The number of carbonyl (C=O) groups is 4. The second-order valence-electron chi connectivity index (χ2n) is 27.4. The van der Waals surface area contributed by atoms with Crippen molar-refractivity contribution in [3.05, 3.63) is 407 Å². The van der Waals surface area contributed by atoms with E-state index in [1.54, 1.807) is 159 Å². The average molecular weight is 2030 g/mol. The Morgan fingerprint density at radius 1 is 0.426 bits per heavy atom. The van der Waals surface area contributed by atoms with Gasteiger partial charge in [0.15, 0.2) is 0 Å². The van der Waals surface area contributed by atoms with E-state index in [4.69, 9.17) is 33.7 Å². The third-order valence-electron chi connectivity index (χ3n) is 18.0. The summed E-state index contributed by atoms with van der Waals surface area (Å²) in [5, 5.41) is 24.1. The lowest BCUT2D eigenvalue weighted by molar-refractivity contribution is -0.909. The van der Waals surface area contributed by atoms with Crippen LogP contribution in [0.1, 0.15) is 129 Å². The van der Waals surface area contributed by atoms with E-state index in [-0.39, 0.29) is 81.7 Å². The molecule has 718 valence electrons. The summed E-state index contributed by atoms with van der Waals surface area (Å²) in [6.07, 6.45) is -20.9. The predicted octanol–water partition coefficient (Wildman–Crippen LogP) is 24.1. The van der Waals surface area contributed by atoms with Crippen LogP contribution in [0.15, 0.2) is 302 Å². The number of carbonyl (C=O) groups excluding carboxylic acids is 4. The second-order valence-corrected chi connectivity index (χ2v) is 34.8. The lowest BCUT2D eigenvalue weighted by atomic mass is 9.93. The number of pyridine rings is 6. The van der Waals surface area contributed by atoms with Crippen LogP contribution in [0.5, 0.6) is 0 Å². The number of benzene rings is 6. The molecule has 2 aliphatic rings. The number of halogens is 23. The van der Waals surface area contributed by atoms with Crippen LogP contribution in [0, 0.1) is 22.7 Å². The summed E-state index contributed by atoms with van der Waals surface area (Å²) >= 11 is 24.7. The molecule has 136 heavy (non-hydrogen) atoms. The molecule has 6 aromatic heterocycles. The van der Waals surface area contributed by atoms with Gasteiger partial charge in [-0.1, -0.05) is 205 Å². The standard InChI is InChI=1S/C19H16F3N3O2.C14H9F3N2.C13H9ClF3N.C13H11F3NO.C13H10F3N.C8H7N.C6H3ClF3N.C6H6O3.Cl3OP.H4N2.H2O/c1-11-12(2)18(27)25(17(11)26)24-16-9-8-14(19(20,21)22)15(23-16)10-13-6-4-3-5-7-13;15-14(16,17)12-7-4-8-19-13(12)11(9-18)10-5-2-1-3-6-10;14-12-7-6-10(13(15,16)17)11(18-12)8-9-4-2-1-3-5-9;14-13(15,16)11-7-4-8-17(18)12(11)9-10-5-2-1-3-6-10;14-13(15,16)11-7-4-8-17-12(11)9-10-5-2-1-3-6-10;9-7-6-8-4-2-1-3-5-8;7-5-4(6(8,9)10)2-1-3-11-5;1-3-4(2)6(8)9-5(3)7;1-5(2,3)4;1-2;/h3-9H,10H2,1-2H3,(H,23,24);1-8,11H;1-7H,8H2;1-8,18H,9H2;1-8H,9H2;1-5H,6H2;1-3H;1-2H3;;1-2H2;1H2/q;;;+1;;;;;;;. The summed E-state index contributed by atoms with van der Waals surface area (Å²) in [6, 6.07) is 70.0. The summed E-state index contributed by atoms with van der Waals surface area (Å²) in [6.45, 7) is 6.17. The van der Waals surface area contributed by atoms with Gasteiger partial charge < -0.3 is 10.2 Å². The van der Waals surface area contributed by atoms with Crippen molar-refractivity contribution in [1.82, 2.24) is 29.9 Å². The van der Waals surface area contributed by atoms with Gasteiger partial charge in [0.05, 0.1) is 75.6 Å². The molecule has 1 atom stereocenters. The maximum atomic E-state index is 13.3. The minimum Gasteiger partial charge on any atom is -0.412 e. The minimum absolute atomic E-state index is 0. The Labute approximate surface area is 790 Å². The molecule has 1 unspecified atom stereocenters. The molecule has 0 radical (unpaired) electrons. The van der Waals surface area contributed by atoms with E-state index in [0.717, 1.165) is 76.3 Å². The van der Waals surface area contributed by atoms with Crippen molar-refractivity contribution in [3.63, 3.8) is 0 Å². The predicted molar refractivity (Wildman–Crippen MR) is 472 cm³/mol. The van der Waals surface area contributed by atoms with E-state index < -0.39 is 110 Å². The number of hydrogen-bond acceptors (Lipinski definition) is 17. The molecule has 44 heteroatoms. The number of nitrogens with two attached hydrogens (primary N) is 2. The number of imide groups is 1. The summed E-state index contributed by atoms with van der Waals surface area (Å²) in [4.78, 5) is 63.9. The number of rotatable bonds is 13. The van der Waals surface area contributed by atoms with Gasteiger partial charge in [0.1, 0.15) is 27.6 Å². The normalized spacial score (nSPS) is 12.4. The van der Waals surface area contributed by atoms with Crippen molar-refractivity contribution in [2.75, 3.05) is 5.43 Å². The van der Waals surface area contributed by atoms with Crippen molar-refractivity contribution >= 4 is 91.7 Å². The van der Waals surface area contributed by atoms with Crippen LogP contribution in [0.4, 0.5) is 84.8 Å². The third-order valence-corrected chi connectivity index (χ3v) is 18.5. The first-order valence-corrected chi connectivity index (χ1v) is 43.6. The molecule has 2 amide bonds. The molecular weight excluding hydrogens is 1950 g/mol. The fourth-order valence-electron chi connectivity index (χ4n) is 11.4. The first-order valence-electron chi connectivity index (χ1n) is 38.4. The molecule has 0 saturated heterocycles. The lowest BCUT2D eigenvalue weighted by Crippen LogP contribution is -2.37. The average Bonchev–Trinajstić information content (AvgIpc) is 1.55. The SMILES string of the molecule is CC1=C(C)C(=O)N(Nc2ccc(C(F)(F)F)c(Cc3ccccc3)n2)C1=O.CC1=C(C)C(=O)OC1=O.FC(F)(F)c1ccc(Cl)nc1Cc1ccccc1.FC(F)(F)c1cccnc1Cc1ccccc1.FC(F)(F)c1cccnc1Cl.N#CC(c1ccccc1)c1ncccc1C(F)(F)F.N#CCc1ccccc1.NN.O.O=P(Cl)(Cl)Cl.O[n+]1cccc(C(F)(F)F)c1Cc1ccccc1. The molecule has 0 fully saturated rings. The molecule has 14 rings (SSSR count). The molecule has 0 saturated carbocycles. The molecule has 6 aromatic carbocycles. The number of cyclic esters (lactones) is 2. The highest BCUT2D eigenvalue weighted by Crippen LogP contribution is 2.61. The number of hydrogen-bond donors (Lipinski definition) is 4.